The molecule has 1 atom stereocenters. The van der Waals surface area contributed by atoms with E-state index in [9.17, 15) is 22.8 Å². The maximum absolute atomic E-state index is 11.6. The third-order valence-corrected chi connectivity index (χ3v) is 1.52. The molecule has 0 heterocycles. The molecule has 17 heavy (non-hydrogen) atoms. The molecule has 0 aromatic heterocycles. The van der Waals surface area contributed by atoms with Crippen LogP contribution < -0.4 is 10.6 Å². The average Bonchev–Trinajstić information content (AvgIpc) is 2.15. The fourth-order valence-corrected chi connectivity index (χ4v) is 0.734. The van der Waals surface area contributed by atoms with Crippen molar-refractivity contribution in [1.82, 2.24) is 10.6 Å². The van der Waals surface area contributed by atoms with Gasteiger partial charge in [-0.25, -0.2) is 4.79 Å². The molecule has 0 radical (unpaired) electrons. The van der Waals surface area contributed by atoms with Crippen LogP contribution >= 0.6 is 0 Å². The maximum atomic E-state index is 11.6. The number of hydrogen-bond acceptors (Lipinski definition) is 3. The van der Waals surface area contributed by atoms with Gasteiger partial charge in [-0.05, 0) is 6.92 Å². The second-order valence-corrected chi connectivity index (χ2v) is 3.13. The van der Waals surface area contributed by atoms with Crippen LogP contribution in [0.2, 0.25) is 0 Å². The van der Waals surface area contributed by atoms with Crippen LogP contribution in [0.1, 0.15) is 6.92 Å². The molecule has 9 heteroatoms. The lowest BCUT2D eigenvalue weighted by molar-refractivity contribution is -0.173. The average molecular weight is 258 g/mol. The summed E-state index contributed by atoms with van der Waals surface area (Å²) in [6, 6.07) is -1.86. The summed E-state index contributed by atoms with van der Waals surface area (Å²) in [6.07, 6.45) is -4.40. The molecule has 0 bridgehead atoms. The molecule has 0 fully saturated rings. The van der Waals surface area contributed by atoms with Crippen molar-refractivity contribution in [3.8, 4) is 0 Å². The molecule has 0 aliphatic heterocycles. The van der Waals surface area contributed by atoms with Crippen LogP contribution in [0.4, 0.5) is 18.0 Å². The number of amides is 2. The van der Waals surface area contributed by atoms with Gasteiger partial charge in [0.1, 0.15) is 12.6 Å². The number of carbonyl (C=O) groups excluding carboxylic acids is 1. The van der Waals surface area contributed by atoms with Crippen molar-refractivity contribution in [2.45, 2.75) is 19.1 Å². The number of aliphatic carboxylic acids is 1. The minimum Gasteiger partial charge on any atom is -0.480 e. The highest BCUT2D eigenvalue weighted by Crippen LogP contribution is 2.13. The monoisotopic (exact) mass is 258 g/mol. The Morgan fingerprint density at radius 3 is 2.47 bits per heavy atom. The summed E-state index contributed by atoms with van der Waals surface area (Å²) >= 11 is 0. The smallest absolute Gasteiger partial charge is 0.411 e. The van der Waals surface area contributed by atoms with Crippen molar-refractivity contribution in [1.29, 1.82) is 0 Å². The number of hydrogen-bond donors (Lipinski definition) is 3. The van der Waals surface area contributed by atoms with Gasteiger partial charge in [0.15, 0.2) is 0 Å². The Morgan fingerprint density at radius 1 is 1.41 bits per heavy atom. The maximum Gasteiger partial charge on any atom is 0.411 e. The predicted molar refractivity (Wildman–Crippen MR) is 50.5 cm³/mol. The molecule has 100 valence electrons. The van der Waals surface area contributed by atoms with Gasteiger partial charge in [-0.15, -0.1) is 0 Å². The van der Waals surface area contributed by atoms with Gasteiger partial charge in [-0.1, -0.05) is 0 Å². The Hall–Kier alpha value is -1.51. The van der Waals surface area contributed by atoms with Gasteiger partial charge in [0.25, 0.3) is 0 Å². The summed E-state index contributed by atoms with van der Waals surface area (Å²) in [5.41, 5.74) is 0. The van der Waals surface area contributed by atoms with E-state index in [1.165, 1.54) is 6.92 Å². The van der Waals surface area contributed by atoms with E-state index in [4.69, 9.17) is 5.11 Å². The van der Waals surface area contributed by atoms with Gasteiger partial charge in [0, 0.05) is 6.54 Å². The lowest BCUT2D eigenvalue weighted by atomic mass is 10.3. The lowest BCUT2D eigenvalue weighted by Crippen LogP contribution is -2.45. The fraction of sp³-hybridized carbons (Fsp3) is 0.750. The minimum atomic E-state index is -4.40. The van der Waals surface area contributed by atoms with Gasteiger partial charge in [0.05, 0.1) is 6.61 Å². The Morgan fingerprint density at radius 2 is 2.00 bits per heavy atom. The van der Waals surface area contributed by atoms with Crippen molar-refractivity contribution in [3.63, 3.8) is 0 Å². The molecule has 0 aliphatic carbocycles. The first-order chi connectivity index (χ1) is 7.72. The first-order valence-electron chi connectivity index (χ1n) is 4.64. The van der Waals surface area contributed by atoms with E-state index in [1.807, 2.05) is 0 Å². The Labute approximate surface area is 95.1 Å². The highest BCUT2D eigenvalue weighted by molar-refractivity contribution is 5.82. The van der Waals surface area contributed by atoms with Crippen LogP contribution in [-0.2, 0) is 9.53 Å². The standard InChI is InChI=1S/C8H13F3N2O4/c1-5(6(14)15)13-7(16)12-2-3-17-4-8(9,10)11/h5H,2-4H2,1H3,(H,14,15)(H2,12,13,16)/t5-/m1/s1. The predicted octanol–water partition coefficient (Wildman–Crippen LogP) is 0.338. The fourth-order valence-electron chi connectivity index (χ4n) is 0.734. The molecule has 0 rings (SSSR count). The van der Waals surface area contributed by atoms with Gasteiger partial charge < -0.3 is 20.5 Å². The largest absolute Gasteiger partial charge is 0.480 e. The van der Waals surface area contributed by atoms with Crippen molar-refractivity contribution >= 4 is 12.0 Å². The number of carbonyl (C=O) groups is 2. The van der Waals surface area contributed by atoms with Crippen LogP contribution in [0, 0.1) is 0 Å². The summed E-state index contributed by atoms with van der Waals surface area (Å²) in [6.45, 7) is -0.591. The minimum absolute atomic E-state index is 0.145. The third kappa shape index (κ3) is 9.42. The number of alkyl halides is 3. The van der Waals surface area contributed by atoms with E-state index in [2.05, 4.69) is 15.4 Å². The van der Waals surface area contributed by atoms with Crippen molar-refractivity contribution < 1.29 is 32.6 Å². The third-order valence-electron chi connectivity index (χ3n) is 1.52. The van der Waals surface area contributed by atoms with E-state index in [0.29, 0.717) is 0 Å². The first-order valence-corrected chi connectivity index (χ1v) is 4.64. The zero-order chi connectivity index (χ0) is 13.5. The highest BCUT2D eigenvalue weighted by atomic mass is 19.4. The molecule has 0 spiro atoms. The molecule has 6 nitrogen and oxygen atoms in total. The lowest BCUT2D eigenvalue weighted by Gasteiger charge is -2.11. The van der Waals surface area contributed by atoms with Gasteiger partial charge in [0.2, 0.25) is 0 Å². The van der Waals surface area contributed by atoms with Gasteiger partial charge in [-0.2, -0.15) is 13.2 Å². The molecule has 0 saturated heterocycles. The second-order valence-electron chi connectivity index (χ2n) is 3.13. The van der Waals surface area contributed by atoms with Crippen molar-refractivity contribution in [3.05, 3.63) is 0 Å². The second kappa shape index (κ2) is 6.94. The molecule has 0 aromatic rings. The molecular formula is C8H13F3N2O4. The molecule has 0 aliphatic rings. The van der Waals surface area contributed by atoms with Gasteiger partial charge in [-0.3, -0.25) is 4.79 Å². The number of nitrogens with one attached hydrogen (secondary N) is 2. The summed E-state index contributed by atoms with van der Waals surface area (Å²) in [5.74, 6) is -1.21. The topological polar surface area (TPSA) is 87.7 Å². The van der Waals surface area contributed by atoms with Crippen LogP contribution in [0.15, 0.2) is 0 Å². The number of carboxylic acid groups (broad SMARTS) is 1. The Balaban J connectivity index is 3.56. The summed E-state index contributed by atoms with van der Waals surface area (Å²) in [5, 5.41) is 12.6. The van der Waals surface area contributed by atoms with Crippen LogP contribution in [0.5, 0.6) is 0 Å². The summed E-state index contributed by atoms with van der Waals surface area (Å²) in [7, 11) is 0. The zero-order valence-corrected chi connectivity index (χ0v) is 9.00. The van der Waals surface area contributed by atoms with Crippen molar-refractivity contribution in [2.24, 2.45) is 0 Å². The van der Waals surface area contributed by atoms with E-state index < -0.39 is 30.8 Å². The number of ether oxygens (including phenoxy) is 1. The Bertz CT molecular complexity index is 270. The van der Waals surface area contributed by atoms with E-state index in [1.54, 1.807) is 0 Å². The normalized spacial score (nSPS) is 12.9. The number of rotatable bonds is 6. The molecule has 0 unspecified atom stereocenters. The first kappa shape index (κ1) is 15.5. The Kier molecular flexibility index (Phi) is 6.33. The number of halogens is 3. The molecule has 2 amide bonds. The number of urea groups is 1. The van der Waals surface area contributed by atoms with E-state index in [-0.39, 0.29) is 13.2 Å². The van der Waals surface area contributed by atoms with Crippen molar-refractivity contribution in [2.75, 3.05) is 19.8 Å². The SMILES string of the molecule is C[C@@H](NC(=O)NCCOCC(F)(F)F)C(=O)O. The highest BCUT2D eigenvalue weighted by Gasteiger charge is 2.27. The van der Waals surface area contributed by atoms with Crippen LogP contribution in [-0.4, -0.2) is 49.1 Å². The molecule has 0 aromatic carbocycles. The quantitative estimate of drug-likeness (QED) is 0.599. The molecule has 3 N–H and O–H groups in total. The number of carboxylic acids is 1. The van der Waals surface area contributed by atoms with Gasteiger partial charge >= 0.3 is 18.2 Å². The molecule has 0 saturated carbocycles. The van der Waals surface area contributed by atoms with E-state index in [0.717, 1.165) is 0 Å². The van der Waals surface area contributed by atoms with Crippen LogP contribution in [0.3, 0.4) is 0 Å². The van der Waals surface area contributed by atoms with E-state index >= 15 is 0 Å². The summed E-state index contributed by atoms with van der Waals surface area (Å²) in [4.78, 5) is 21.3. The zero-order valence-electron chi connectivity index (χ0n) is 9.00. The molecular weight excluding hydrogens is 245 g/mol. The van der Waals surface area contributed by atoms with Crippen LogP contribution in [0.25, 0.3) is 0 Å². The summed E-state index contributed by atoms with van der Waals surface area (Å²) < 4.78 is 39.1.